The van der Waals surface area contributed by atoms with E-state index in [-0.39, 0.29) is 17.7 Å². The maximum atomic E-state index is 13.6. The molecule has 2 aliphatic carbocycles. The third kappa shape index (κ3) is 3.82. The Hall–Kier alpha value is -2.74. The maximum Gasteiger partial charge on any atom is 0.274 e. The lowest BCUT2D eigenvalue weighted by Gasteiger charge is -2.49. The summed E-state index contributed by atoms with van der Waals surface area (Å²) in [6.45, 7) is 9.41. The molecular formula is C26H35N5O3. The zero-order valence-corrected chi connectivity index (χ0v) is 20.7. The van der Waals surface area contributed by atoms with Gasteiger partial charge in [-0.2, -0.15) is 5.10 Å². The minimum Gasteiger partial charge on any atom is -0.380 e. The van der Waals surface area contributed by atoms with Crippen molar-refractivity contribution in [3.63, 3.8) is 0 Å². The van der Waals surface area contributed by atoms with Crippen LogP contribution in [0.15, 0.2) is 18.3 Å². The standard InChI is InChI=1S/C26H35N5O3/c1-17(2)19-14-20(18-8-5-6-9-18)28-31-15-21(27-22(19)31)23(32)30-13-12-29(16-25(30,3)4)24(33)26(34)10-7-11-26/h8,14-15,17,34H,5-7,9-13,16H2,1-4H3. The topological polar surface area (TPSA) is 91.0 Å². The molecule has 3 heterocycles. The molecule has 2 aromatic heterocycles. The minimum absolute atomic E-state index is 0.152. The Morgan fingerprint density at radius 2 is 1.91 bits per heavy atom. The Morgan fingerprint density at radius 1 is 1.15 bits per heavy atom. The van der Waals surface area contributed by atoms with Crippen molar-refractivity contribution in [3.8, 4) is 0 Å². The molecule has 1 aliphatic heterocycles. The average Bonchev–Trinajstić information content (AvgIpc) is 3.44. The highest BCUT2D eigenvalue weighted by molar-refractivity contribution is 5.94. The van der Waals surface area contributed by atoms with Gasteiger partial charge >= 0.3 is 0 Å². The molecular weight excluding hydrogens is 430 g/mol. The number of aliphatic hydroxyl groups is 1. The molecule has 1 saturated carbocycles. The number of hydrogen-bond donors (Lipinski definition) is 1. The normalized spacial score (nSPS) is 21.6. The van der Waals surface area contributed by atoms with Gasteiger partial charge in [-0.25, -0.2) is 9.50 Å². The average molecular weight is 466 g/mol. The van der Waals surface area contributed by atoms with Crippen LogP contribution in [-0.4, -0.2) is 72.1 Å². The molecule has 0 spiro atoms. The molecule has 1 saturated heterocycles. The van der Waals surface area contributed by atoms with Crippen molar-refractivity contribution in [1.82, 2.24) is 24.4 Å². The molecule has 5 rings (SSSR count). The van der Waals surface area contributed by atoms with Crippen LogP contribution in [0.4, 0.5) is 0 Å². The molecule has 3 aliphatic rings. The molecule has 8 nitrogen and oxygen atoms in total. The largest absolute Gasteiger partial charge is 0.380 e. The lowest BCUT2D eigenvalue weighted by Crippen LogP contribution is -2.65. The van der Waals surface area contributed by atoms with Crippen molar-refractivity contribution in [2.75, 3.05) is 19.6 Å². The number of piperazine rings is 1. The van der Waals surface area contributed by atoms with E-state index in [4.69, 9.17) is 10.1 Å². The predicted molar refractivity (Wildman–Crippen MR) is 129 cm³/mol. The number of amides is 2. The summed E-state index contributed by atoms with van der Waals surface area (Å²) >= 11 is 0. The van der Waals surface area contributed by atoms with Gasteiger partial charge in [-0.15, -0.1) is 0 Å². The molecule has 0 unspecified atom stereocenters. The summed E-state index contributed by atoms with van der Waals surface area (Å²) in [5.41, 5.74) is 2.62. The summed E-state index contributed by atoms with van der Waals surface area (Å²) in [7, 11) is 0. The van der Waals surface area contributed by atoms with Crippen LogP contribution in [0.25, 0.3) is 11.2 Å². The Balaban J connectivity index is 1.42. The molecule has 182 valence electrons. The van der Waals surface area contributed by atoms with E-state index in [9.17, 15) is 14.7 Å². The first kappa shape index (κ1) is 23.0. The molecule has 34 heavy (non-hydrogen) atoms. The lowest BCUT2D eigenvalue weighted by molar-refractivity contribution is -0.164. The zero-order valence-electron chi connectivity index (χ0n) is 20.7. The Kier molecular flexibility index (Phi) is 5.54. The molecule has 0 radical (unpaired) electrons. The first-order valence-corrected chi connectivity index (χ1v) is 12.5. The van der Waals surface area contributed by atoms with E-state index in [1.54, 1.807) is 20.5 Å². The third-order valence-electron chi connectivity index (χ3n) is 7.68. The molecule has 0 bridgehead atoms. The van der Waals surface area contributed by atoms with Gasteiger partial charge in [-0.05, 0) is 69.9 Å². The van der Waals surface area contributed by atoms with Gasteiger partial charge in [-0.3, -0.25) is 9.59 Å². The van der Waals surface area contributed by atoms with E-state index in [2.05, 4.69) is 26.0 Å². The van der Waals surface area contributed by atoms with Gasteiger partial charge < -0.3 is 14.9 Å². The fraction of sp³-hybridized carbons (Fsp3) is 0.615. The lowest BCUT2D eigenvalue weighted by atomic mass is 9.78. The molecule has 0 aromatic carbocycles. The van der Waals surface area contributed by atoms with Crippen LogP contribution in [-0.2, 0) is 4.79 Å². The van der Waals surface area contributed by atoms with Crippen LogP contribution in [0.5, 0.6) is 0 Å². The Bertz CT molecular complexity index is 1170. The van der Waals surface area contributed by atoms with E-state index in [1.807, 2.05) is 13.8 Å². The molecule has 8 heteroatoms. The number of carbonyl (C=O) groups is 2. The summed E-state index contributed by atoms with van der Waals surface area (Å²) in [4.78, 5) is 34.7. The maximum absolute atomic E-state index is 13.6. The summed E-state index contributed by atoms with van der Waals surface area (Å²) < 4.78 is 1.76. The number of aromatic nitrogens is 3. The van der Waals surface area contributed by atoms with E-state index in [0.29, 0.717) is 38.2 Å². The number of carbonyl (C=O) groups excluding carboxylic acids is 2. The van der Waals surface area contributed by atoms with Gasteiger partial charge in [0.1, 0.15) is 11.3 Å². The quantitative estimate of drug-likeness (QED) is 0.747. The highest BCUT2D eigenvalue weighted by Crippen LogP contribution is 2.35. The Morgan fingerprint density at radius 3 is 2.50 bits per heavy atom. The minimum atomic E-state index is -1.21. The van der Waals surface area contributed by atoms with E-state index in [0.717, 1.165) is 42.6 Å². The number of fused-ring (bicyclic) bond motifs is 1. The van der Waals surface area contributed by atoms with Crippen molar-refractivity contribution in [3.05, 3.63) is 35.3 Å². The molecule has 0 atom stereocenters. The van der Waals surface area contributed by atoms with Crippen LogP contribution < -0.4 is 0 Å². The molecule has 2 fully saturated rings. The molecule has 2 amide bonds. The van der Waals surface area contributed by atoms with Crippen LogP contribution in [0.2, 0.25) is 0 Å². The number of rotatable bonds is 4. The van der Waals surface area contributed by atoms with E-state index in [1.165, 1.54) is 5.57 Å². The molecule has 1 N–H and O–H groups in total. The monoisotopic (exact) mass is 465 g/mol. The SMILES string of the molecule is CC(C)c1cc(C2=CCCC2)nn2cc(C(=O)N3CCN(C(=O)C4(O)CCC4)CC3(C)C)nc12. The summed E-state index contributed by atoms with van der Waals surface area (Å²) in [5, 5.41) is 15.3. The highest BCUT2D eigenvalue weighted by atomic mass is 16.3. The number of imidazole rings is 1. The van der Waals surface area contributed by atoms with Crippen molar-refractivity contribution < 1.29 is 14.7 Å². The summed E-state index contributed by atoms with van der Waals surface area (Å²) in [6.07, 6.45) is 9.19. The van der Waals surface area contributed by atoms with E-state index >= 15 is 0 Å². The second kappa shape index (κ2) is 8.18. The van der Waals surface area contributed by atoms with Crippen molar-refractivity contribution in [1.29, 1.82) is 0 Å². The van der Waals surface area contributed by atoms with Gasteiger partial charge in [0.2, 0.25) is 0 Å². The highest BCUT2D eigenvalue weighted by Gasteiger charge is 2.48. The predicted octanol–water partition coefficient (Wildman–Crippen LogP) is 3.40. The number of hydrogen-bond acceptors (Lipinski definition) is 5. The number of nitrogens with zero attached hydrogens (tertiary/aromatic N) is 5. The van der Waals surface area contributed by atoms with Gasteiger partial charge in [-0.1, -0.05) is 19.9 Å². The first-order valence-electron chi connectivity index (χ1n) is 12.5. The van der Waals surface area contributed by atoms with E-state index < -0.39 is 11.1 Å². The van der Waals surface area contributed by atoms with Crippen LogP contribution >= 0.6 is 0 Å². The van der Waals surface area contributed by atoms with Crippen LogP contribution in [0, 0.1) is 0 Å². The third-order valence-corrected chi connectivity index (χ3v) is 7.68. The second-order valence-electron chi connectivity index (χ2n) is 11.0. The van der Waals surface area contributed by atoms with Crippen molar-refractivity contribution in [2.24, 2.45) is 0 Å². The fourth-order valence-corrected chi connectivity index (χ4v) is 5.45. The Labute approximate surface area is 200 Å². The van der Waals surface area contributed by atoms with Crippen molar-refractivity contribution in [2.45, 2.75) is 83.3 Å². The summed E-state index contributed by atoms with van der Waals surface area (Å²) in [5.74, 6) is -0.104. The van der Waals surface area contributed by atoms with Crippen LogP contribution in [0.1, 0.15) is 93.9 Å². The second-order valence-corrected chi connectivity index (χ2v) is 11.0. The first-order chi connectivity index (χ1) is 16.1. The van der Waals surface area contributed by atoms with Gasteiger partial charge in [0.25, 0.3) is 11.8 Å². The van der Waals surface area contributed by atoms with Gasteiger partial charge in [0, 0.05) is 25.2 Å². The van der Waals surface area contributed by atoms with Crippen LogP contribution in [0.3, 0.4) is 0 Å². The van der Waals surface area contributed by atoms with Gasteiger partial charge in [0.15, 0.2) is 5.65 Å². The molecule has 2 aromatic rings. The fourth-order valence-electron chi connectivity index (χ4n) is 5.45. The van der Waals surface area contributed by atoms with Crippen molar-refractivity contribution >= 4 is 23.0 Å². The smallest absolute Gasteiger partial charge is 0.274 e. The summed E-state index contributed by atoms with van der Waals surface area (Å²) in [6, 6.07) is 2.12. The number of allylic oxidation sites excluding steroid dienone is 2. The zero-order chi connectivity index (χ0) is 24.3. The van der Waals surface area contributed by atoms with Gasteiger partial charge in [0.05, 0.1) is 17.4 Å².